The smallest absolute Gasteiger partial charge is 0.261 e. The van der Waals surface area contributed by atoms with Crippen LogP contribution in [-0.2, 0) is 20.8 Å². The molecule has 0 bridgehead atoms. The lowest BCUT2D eigenvalue weighted by Gasteiger charge is -2.45. The zero-order valence-corrected chi connectivity index (χ0v) is 20.3. The standard InChI is InChI=1S/C25H24F3N3O8/c26-12-6-13(30-15(33)7-31-2-1-24(27,28)8-31)19(34)17-11(12)4-9-3-10-5-14(32)18(23(29)38)22(37)25(10,39)21(36)16(9)20(17)35/h6,9-10,32,34,36,39H,1-5,7-8H2,(H2,29,38)(H,30,33)/t9?,10-,25-/m0/s1. The van der Waals surface area contributed by atoms with Crippen LogP contribution in [0, 0.1) is 17.7 Å². The number of aromatic hydroxyl groups is 1. The topological polar surface area (TPSA) is 190 Å². The van der Waals surface area contributed by atoms with Crippen molar-refractivity contribution >= 4 is 29.1 Å². The van der Waals surface area contributed by atoms with Gasteiger partial charge in [0.05, 0.1) is 24.3 Å². The summed E-state index contributed by atoms with van der Waals surface area (Å²) >= 11 is 0. The van der Waals surface area contributed by atoms with Crippen LogP contribution in [0.25, 0.3) is 0 Å². The van der Waals surface area contributed by atoms with Crippen LogP contribution >= 0.6 is 0 Å². The van der Waals surface area contributed by atoms with E-state index in [1.807, 2.05) is 0 Å². The van der Waals surface area contributed by atoms with Gasteiger partial charge in [0.25, 0.3) is 11.8 Å². The molecule has 7 N–H and O–H groups in total. The minimum Gasteiger partial charge on any atom is -0.511 e. The maximum atomic E-state index is 15.2. The minimum atomic E-state index is -2.95. The van der Waals surface area contributed by atoms with Crippen LogP contribution in [0.1, 0.15) is 35.2 Å². The fraction of sp³-hybridized carbons (Fsp3) is 0.440. The zero-order valence-electron chi connectivity index (χ0n) is 20.3. The summed E-state index contributed by atoms with van der Waals surface area (Å²) in [5.74, 6) is -13.3. The van der Waals surface area contributed by atoms with E-state index in [0.717, 1.165) is 6.07 Å². The van der Waals surface area contributed by atoms with E-state index in [9.17, 15) is 48.4 Å². The SMILES string of the molecule is NC(=O)C1=C(O)C[C@@H]2CC3Cc4c(F)cc(NC(=O)CN5CCC(F)(F)C5)c(O)c4C(=O)C3=C(O)[C@]2(O)C1=O. The number of aliphatic hydroxyl groups is 3. The number of anilines is 1. The number of benzene rings is 1. The molecular formula is C25H24F3N3O8. The number of hydrogen-bond donors (Lipinski definition) is 6. The molecule has 0 spiro atoms. The molecule has 0 aromatic heterocycles. The van der Waals surface area contributed by atoms with Crippen LogP contribution in [0.2, 0.25) is 0 Å². The highest BCUT2D eigenvalue weighted by Crippen LogP contribution is 2.52. The number of hydrogen-bond acceptors (Lipinski definition) is 9. The Labute approximate surface area is 218 Å². The molecule has 1 aromatic rings. The molecule has 3 atom stereocenters. The van der Waals surface area contributed by atoms with Gasteiger partial charge in [0.1, 0.15) is 22.9 Å². The van der Waals surface area contributed by atoms with Crippen molar-refractivity contribution in [2.24, 2.45) is 17.6 Å². The quantitative estimate of drug-likeness (QED) is 0.234. The van der Waals surface area contributed by atoms with Gasteiger partial charge in [0.15, 0.2) is 17.1 Å². The third-order valence-corrected chi connectivity index (χ3v) is 7.90. The lowest BCUT2D eigenvalue weighted by molar-refractivity contribution is -0.144. The van der Waals surface area contributed by atoms with Crippen molar-refractivity contribution in [1.29, 1.82) is 0 Å². The summed E-state index contributed by atoms with van der Waals surface area (Å²) in [4.78, 5) is 51.8. The Hall–Kier alpha value is -3.91. The number of halogens is 3. The van der Waals surface area contributed by atoms with E-state index >= 15 is 4.39 Å². The van der Waals surface area contributed by atoms with Gasteiger partial charge in [-0.25, -0.2) is 13.2 Å². The first-order valence-corrected chi connectivity index (χ1v) is 12.1. The molecule has 1 saturated heterocycles. The van der Waals surface area contributed by atoms with Crippen molar-refractivity contribution in [3.05, 3.63) is 45.7 Å². The molecule has 1 heterocycles. The van der Waals surface area contributed by atoms with Crippen molar-refractivity contribution in [1.82, 2.24) is 4.90 Å². The number of nitrogens with one attached hydrogen (secondary N) is 1. The number of Topliss-reactive ketones (excluding diaryl/α,β-unsaturated/α-hetero) is 2. The van der Waals surface area contributed by atoms with Gasteiger partial charge in [-0.05, 0) is 18.8 Å². The fourth-order valence-corrected chi connectivity index (χ4v) is 6.07. The predicted molar refractivity (Wildman–Crippen MR) is 125 cm³/mol. The molecular weight excluding hydrogens is 527 g/mol. The number of carbonyl (C=O) groups excluding carboxylic acids is 4. The number of aliphatic hydroxyl groups excluding tert-OH is 2. The molecule has 3 aliphatic carbocycles. The number of likely N-dealkylation sites (tertiary alicyclic amines) is 1. The Morgan fingerprint density at radius 2 is 1.87 bits per heavy atom. The van der Waals surface area contributed by atoms with Crippen molar-refractivity contribution < 1.29 is 52.8 Å². The molecule has 39 heavy (non-hydrogen) atoms. The number of fused-ring (bicyclic) bond motifs is 3. The number of ketones is 2. The summed E-state index contributed by atoms with van der Waals surface area (Å²) in [6.07, 6.45) is -1.26. The number of primary amides is 1. The van der Waals surface area contributed by atoms with Crippen molar-refractivity contribution in [3.63, 3.8) is 0 Å². The predicted octanol–water partition coefficient (Wildman–Crippen LogP) is 0.999. The summed E-state index contributed by atoms with van der Waals surface area (Å²) in [7, 11) is 0. The van der Waals surface area contributed by atoms with Crippen molar-refractivity contribution in [2.75, 3.05) is 25.0 Å². The first-order chi connectivity index (χ1) is 18.2. The maximum absolute atomic E-state index is 15.2. The van der Waals surface area contributed by atoms with Crippen LogP contribution in [-0.4, -0.2) is 79.9 Å². The zero-order chi connectivity index (χ0) is 28.6. The van der Waals surface area contributed by atoms with Crippen LogP contribution in [0.15, 0.2) is 28.7 Å². The number of allylic oxidation sites excluding steroid dienone is 2. The average Bonchev–Trinajstić information content (AvgIpc) is 3.17. The highest BCUT2D eigenvalue weighted by atomic mass is 19.3. The average molecular weight is 551 g/mol. The van der Waals surface area contributed by atoms with Crippen LogP contribution in [0.5, 0.6) is 5.75 Å². The Kier molecular flexibility index (Phi) is 6.03. The van der Waals surface area contributed by atoms with Gasteiger partial charge in [-0.2, -0.15) is 0 Å². The molecule has 0 saturated carbocycles. The number of rotatable bonds is 4. The summed E-state index contributed by atoms with van der Waals surface area (Å²) < 4.78 is 42.0. The van der Waals surface area contributed by atoms with Gasteiger partial charge in [-0.1, -0.05) is 0 Å². The molecule has 0 radical (unpaired) electrons. The van der Waals surface area contributed by atoms with Gasteiger partial charge in [-0.3, -0.25) is 24.1 Å². The summed E-state index contributed by atoms with van der Waals surface area (Å²) in [6, 6.07) is 0.781. The fourth-order valence-electron chi connectivity index (χ4n) is 6.07. The van der Waals surface area contributed by atoms with Gasteiger partial charge in [0, 0.05) is 42.5 Å². The summed E-state index contributed by atoms with van der Waals surface area (Å²) in [5, 5.41) is 45.4. The molecule has 5 rings (SSSR count). The Morgan fingerprint density at radius 1 is 1.18 bits per heavy atom. The second-order valence-electron chi connectivity index (χ2n) is 10.4. The number of nitrogens with two attached hydrogens (primary N) is 1. The molecule has 1 fully saturated rings. The Bertz CT molecular complexity index is 1420. The molecule has 4 aliphatic rings. The highest BCUT2D eigenvalue weighted by Gasteiger charge is 2.59. The molecule has 208 valence electrons. The van der Waals surface area contributed by atoms with E-state index in [4.69, 9.17) is 5.73 Å². The monoisotopic (exact) mass is 551 g/mol. The number of nitrogens with zero attached hydrogens (tertiary/aromatic N) is 1. The molecule has 2 amide bonds. The second-order valence-corrected chi connectivity index (χ2v) is 10.4. The number of alkyl halides is 2. The van der Waals surface area contributed by atoms with E-state index in [1.165, 1.54) is 4.90 Å². The Morgan fingerprint density at radius 3 is 2.49 bits per heavy atom. The molecule has 11 nitrogen and oxygen atoms in total. The van der Waals surface area contributed by atoms with Gasteiger partial charge >= 0.3 is 0 Å². The molecule has 1 aromatic carbocycles. The Balaban J connectivity index is 1.50. The summed E-state index contributed by atoms with van der Waals surface area (Å²) in [5.41, 5.74) is -0.392. The van der Waals surface area contributed by atoms with Crippen molar-refractivity contribution in [3.8, 4) is 5.75 Å². The van der Waals surface area contributed by atoms with E-state index in [-0.39, 0.29) is 24.9 Å². The first kappa shape index (κ1) is 26.7. The molecule has 14 heteroatoms. The number of phenols is 1. The lowest BCUT2D eigenvalue weighted by Crippen LogP contribution is -2.57. The van der Waals surface area contributed by atoms with E-state index in [1.54, 1.807) is 0 Å². The maximum Gasteiger partial charge on any atom is 0.261 e. The van der Waals surface area contributed by atoms with Crippen LogP contribution < -0.4 is 11.1 Å². The highest BCUT2D eigenvalue weighted by molar-refractivity contribution is 6.24. The molecule has 1 aliphatic heterocycles. The van der Waals surface area contributed by atoms with Crippen LogP contribution in [0.3, 0.4) is 0 Å². The van der Waals surface area contributed by atoms with Crippen LogP contribution in [0.4, 0.5) is 18.9 Å². The first-order valence-electron chi connectivity index (χ1n) is 12.1. The van der Waals surface area contributed by atoms with Gasteiger partial charge in [-0.15, -0.1) is 0 Å². The van der Waals surface area contributed by atoms with Crippen molar-refractivity contribution in [2.45, 2.75) is 37.2 Å². The third kappa shape index (κ3) is 4.05. The van der Waals surface area contributed by atoms with E-state index in [2.05, 4.69) is 5.32 Å². The normalized spacial score (nSPS) is 28.2. The lowest BCUT2D eigenvalue weighted by atomic mass is 9.60. The molecule has 1 unspecified atom stereocenters. The van der Waals surface area contributed by atoms with E-state index < -0.39 is 118 Å². The largest absolute Gasteiger partial charge is 0.511 e. The van der Waals surface area contributed by atoms with Gasteiger partial charge < -0.3 is 31.5 Å². The van der Waals surface area contributed by atoms with Gasteiger partial charge in [0.2, 0.25) is 11.7 Å². The minimum absolute atomic E-state index is 0.0503. The number of phenolic OH excluding ortho intramolecular Hbond substituents is 1. The van der Waals surface area contributed by atoms with E-state index in [0.29, 0.717) is 0 Å². The third-order valence-electron chi connectivity index (χ3n) is 7.90. The number of amides is 2. The second kappa shape index (κ2) is 8.81. The summed E-state index contributed by atoms with van der Waals surface area (Å²) in [6.45, 7) is -1.18. The number of carbonyl (C=O) groups is 4.